The Labute approximate surface area is 161 Å². The molecule has 8 heteroatoms. The highest BCUT2D eigenvalue weighted by Crippen LogP contribution is 2.27. The molecule has 0 fully saturated rings. The van der Waals surface area contributed by atoms with Crippen molar-refractivity contribution in [2.75, 3.05) is 0 Å². The Morgan fingerprint density at radius 2 is 2.14 bits per heavy atom. The van der Waals surface area contributed by atoms with E-state index < -0.39 is 0 Å². The van der Waals surface area contributed by atoms with E-state index in [0.717, 1.165) is 11.3 Å². The average molecular weight is 379 g/mol. The Balaban J connectivity index is 1.64. The largest absolute Gasteiger partial charge is 0.463 e. The van der Waals surface area contributed by atoms with Crippen LogP contribution < -0.4 is 5.32 Å². The molecule has 144 valence electrons. The van der Waals surface area contributed by atoms with E-state index in [-0.39, 0.29) is 11.9 Å². The minimum absolute atomic E-state index is 0.0779. The van der Waals surface area contributed by atoms with E-state index in [0.29, 0.717) is 40.2 Å². The Kier molecular flexibility index (Phi) is 4.46. The topological polar surface area (TPSA) is 99.0 Å². The first-order valence-corrected chi connectivity index (χ1v) is 9.03. The number of furan rings is 1. The van der Waals surface area contributed by atoms with Crippen LogP contribution in [0.3, 0.4) is 0 Å². The van der Waals surface area contributed by atoms with E-state index in [2.05, 4.69) is 20.6 Å². The second kappa shape index (κ2) is 6.95. The molecule has 1 unspecified atom stereocenters. The maximum atomic E-state index is 13.1. The first-order valence-electron chi connectivity index (χ1n) is 9.03. The van der Waals surface area contributed by atoms with Crippen LogP contribution in [-0.4, -0.2) is 31.9 Å². The summed E-state index contributed by atoms with van der Waals surface area (Å²) in [7, 11) is 1.89. The van der Waals surface area contributed by atoms with Crippen molar-refractivity contribution in [3.63, 3.8) is 0 Å². The highest BCUT2D eigenvalue weighted by atomic mass is 16.5. The number of amides is 1. The molecule has 8 nitrogen and oxygen atoms in total. The van der Waals surface area contributed by atoms with Gasteiger partial charge < -0.3 is 14.3 Å². The van der Waals surface area contributed by atoms with Gasteiger partial charge in [0.25, 0.3) is 11.6 Å². The highest BCUT2D eigenvalue weighted by Gasteiger charge is 2.21. The van der Waals surface area contributed by atoms with Crippen molar-refractivity contribution in [3.8, 4) is 11.5 Å². The summed E-state index contributed by atoms with van der Waals surface area (Å²) in [5, 5.41) is 12.0. The third kappa shape index (κ3) is 3.28. The summed E-state index contributed by atoms with van der Waals surface area (Å²) in [5.74, 6) is 0.351. The van der Waals surface area contributed by atoms with Crippen LogP contribution in [-0.2, 0) is 13.5 Å². The molecule has 4 heterocycles. The normalized spacial score (nSPS) is 12.4. The van der Waals surface area contributed by atoms with Gasteiger partial charge in [0.1, 0.15) is 5.69 Å². The lowest BCUT2D eigenvalue weighted by molar-refractivity contribution is 0.0941. The number of nitrogens with one attached hydrogen (secondary N) is 1. The molecule has 0 aromatic carbocycles. The Hall–Kier alpha value is -3.42. The van der Waals surface area contributed by atoms with Gasteiger partial charge in [-0.05, 0) is 51.0 Å². The SMILES string of the molecule is Cc1nn(C)cc1CC(C)NC(=O)c1cc(-c2ccco2)nc2onc(C)c12. The predicted molar refractivity (Wildman–Crippen MR) is 103 cm³/mol. The van der Waals surface area contributed by atoms with Crippen molar-refractivity contribution in [1.29, 1.82) is 0 Å². The molecule has 0 aliphatic heterocycles. The molecular formula is C20H21N5O3. The van der Waals surface area contributed by atoms with Crippen molar-refractivity contribution >= 4 is 17.0 Å². The van der Waals surface area contributed by atoms with Crippen molar-refractivity contribution in [2.45, 2.75) is 33.2 Å². The highest BCUT2D eigenvalue weighted by molar-refractivity contribution is 6.07. The number of pyridine rings is 1. The zero-order valence-corrected chi connectivity index (χ0v) is 16.2. The number of hydrogen-bond acceptors (Lipinski definition) is 6. The molecule has 4 aromatic heterocycles. The van der Waals surface area contributed by atoms with Crippen molar-refractivity contribution < 1.29 is 13.7 Å². The number of hydrogen-bond donors (Lipinski definition) is 1. The van der Waals surface area contributed by atoms with Gasteiger partial charge in [0.2, 0.25) is 0 Å². The van der Waals surface area contributed by atoms with E-state index in [1.165, 1.54) is 0 Å². The monoisotopic (exact) mass is 379 g/mol. The fourth-order valence-electron chi connectivity index (χ4n) is 3.36. The Bertz CT molecular complexity index is 1140. The fraction of sp³-hybridized carbons (Fsp3) is 0.300. The van der Waals surface area contributed by atoms with E-state index in [9.17, 15) is 4.79 Å². The van der Waals surface area contributed by atoms with E-state index in [4.69, 9.17) is 8.94 Å². The quantitative estimate of drug-likeness (QED) is 0.572. The predicted octanol–water partition coefficient (Wildman–Crippen LogP) is 3.19. The van der Waals surface area contributed by atoms with Crippen LogP contribution in [0.4, 0.5) is 0 Å². The van der Waals surface area contributed by atoms with Gasteiger partial charge in [0.05, 0.1) is 28.6 Å². The fourth-order valence-corrected chi connectivity index (χ4v) is 3.36. The second-order valence-electron chi connectivity index (χ2n) is 6.97. The summed E-state index contributed by atoms with van der Waals surface area (Å²) < 4.78 is 12.5. The maximum Gasteiger partial charge on any atom is 0.259 e. The summed E-state index contributed by atoms with van der Waals surface area (Å²) >= 11 is 0. The van der Waals surface area contributed by atoms with Gasteiger partial charge in [-0.2, -0.15) is 5.10 Å². The summed E-state index contributed by atoms with van der Waals surface area (Å²) in [6.45, 7) is 5.72. The molecule has 28 heavy (non-hydrogen) atoms. The molecule has 0 saturated heterocycles. The zero-order valence-electron chi connectivity index (χ0n) is 16.2. The smallest absolute Gasteiger partial charge is 0.259 e. The molecule has 1 atom stereocenters. The lowest BCUT2D eigenvalue weighted by Gasteiger charge is -2.14. The van der Waals surface area contributed by atoms with Crippen LogP contribution in [0, 0.1) is 13.8 Å². The molecule has 4 aromatic rings. The summed E-state index contributed by atoms with van der Waals surface area (Å²) in [5.41, 5.74) is 3.98. The lowest BCUT2D eigenvalue weighted by atomic mass is 10.1. The van der Waals surface area contributed by atoms with E-state index in [1.807, 2.05) is 27.1 Å². The van der Waals surface area contributed by atoms with Gasteiger partial charge in [0, 0.05) is 19.3 Å². The minimum atomic E-state index is -0.208. The first kappa shape index (κ1) is 18.0. The number of nitrogens with zero attached hydrogens (tertiary/aromatic N) is 4. The number of aromatic nitrogens is 4. The third-order valence-corrected chi connectivity index (χ3v) is 4.65. The van der Waals surface area contributed by atoms with E-state index >= 15 is 0 Å². The number of carbonyl (C=O) groups excluding carboxylic acids is 1. The van der Waals surface area contributed by atoms with Gasteiger partial charge in [0.15, 0.2) is 5.76 Å². The van der Waals surface area contributed by atoms with Crippen molar-refractivity contribution in [2.24, 2.45) is 7.05 Å². The van der Waals surface area contributed by atoms with Gasteiger partial charge in [-0.3, -0.25) is 9.48 Å². The summed E-state index contributed by atoms with van der Waals surface area (Å²) in [4.78, 5) is 17.5. The summed E-state index contributed by atoms with van der Waals surface area (Å²) in [6.07, 6.45) is 4.22. The third-order valence-electron chi connectivity index (χ3n) is 4.65. The molecule has 0 spiro atoms. The van der Waals surface area contributed by atoms with Gasteiger partial charge in [-0.15, -0.1) is 0 Å². The van der Waals surface area contributed by atoms with Crippen LogP contribution in [0.5, 0.6) is 0 Å². The number of rotatable bonds is 5. The van der Waals surface area contributed by atoms with Crippen LogP contribution in [0.2, 0.25) is 0 Å². The molecule has 0 saturated carbocycles. The standard InChI is InChI=1S/C20H21N5O3/c1-11(8-14-10-25(4)23-12(14)2)21-19(26)15-9-16(17-6-5-7-27-17)22-20-18(15)13(3)24-28-20/h5-7,9-11H,8H2,1-4H3,(H,21,26). The van der Waals surface area contributed by atoms with Gasteiger partial charge in [-0.25, -0.2) is 4.98 Å². The minimum Gasteiger partial charge on any atom is -0.463 e. The van der Waals surface area contributed by atoms with Crippen LogP contribution >= 0.6 is 0 Å². The number of fused-ring (bicyclic) bond motifs is 1. The molecule has 0 aliphatic carbocycles. The van der Waals surface area contributed by atoms with Gasteiger partial charge in [-0.1, -0.05) is 5.16 Å². The van der Waals surface area contributed by atoms with Crippen LogP contribution in [0.15, 0.2) is 39.6 Å². The second-order valence-corrected chi connectivity index (χ2v) is 6.97. The molecular weight excluding hydrogens is 358 g/mol. The average Bonchev–Trinajstić information content (AvgIpc) is 3.36. The number of carbonyl (C=O) groups is 1. The molecule has 4 rings (SSSR count). The molecule has 0 bridgehead atoms. The Morgan fingerprint density at radius 1 is 1.32 bits per heavy atom. The van der Waals surface area contributed by atoms with Crippen LogP contribution in [0.25, 0.3) is 22.6 Å². The first-order chi connectivity index (χ1) is 13.4. The molecule has 1 N–H and O–H groups in total. The van der Waals surface area contributed by atoms with Crippen LogP contribution in [0.1, 0.15) is 34.2 Å². The Morgan fingerprint density at radius 3 is 2.82 bits per heavy atom. The molecule has 0 radical (unpaired) electrons. The molecule has 1 amide bonds. The van der Waals surface area contributed by atoms with E-state index in [1.54, 1.807) is 36.1 Å². The molecule has 0 aliphatic rings. The maximum absolute atomic E-state index is 13.1. The zero-order chi connectivity index (χ0) is 19.8. The lowest BCUT2D eigenvalue weighted by Crippen LogP contribution is -2.34. The van der Waals surface area contributed by atoms with Crippen molar-refractivity contribution in [3.05, 3.63) is 53.2 Å². The number of aryl methyl sites for hydroxylation is 3. The summed E-state index contributed by atoms with van der Waals surface area (Å²) in [6, 6.07) is 5.19. The van der Waals surface area contributed by atoms with Gasteiger partial charge >= 0.3 is 0 Å². The van der Waals surface area contributed by atoms with Crippen molar-refractivity contribution in [1.82, 2.24) is 25.2 Å².